The van der Waals surface area contributed by atoms with Gasteiger partial charge in [-0.15, -0.1) is 0 Å². The van der Waals surface area contributed by atoms with E-state index in [-0.39, 0.29) is 11.9 Å². The van der Waals surface area contributed by atoms with Crippen molar-refractivity contribution >= 4 is 5.71 Å². The second-order valence-electron chi connectivity index (χ2n) is 7.13. The molecule has 2 aliphatic rings. The van der Waals surface area contributed by atoms with Crippen LogP contribution in [-0.4, -0.2) is 17.3 Å². The molecule has 5 rings (SSSR count). The highest BCUT2D eigenvalue weighted by Crippen LogP contribution is 2.47. The molecule has 4 nitrogen and oxygen atoms in total. The summed E-state index contributed by atoms with van der Waals surface area (Å²) < 4.78 is 26.3. The number of hydrazone groups is 1. The number of hydrogen-bond donors (Lipinski definition) is 0. The van der Waals surface area contributed by atoms with Gasteiger partial charge in [0.05, 0.1) is 23.9 Å². The highest BCUT2D eigenvalue weighted by atomic mass is 19.1. The smallest absolute Gasteiger partial charge is 0.216 e. The molecule has 3 aromatic rings. The topological polar surface area (TPSA) is 34.1 Å². The van der Waals surface area contributed by atoms with Gasteiger partial charge in [-0.1, -0.05) is 36.4 Å². The summed E-state index contributed by atoms with van der Waals surface area (Å²) in [6, 6.07) is 22.6. The maximum absolute atomic E-state index is 14.6. The summed E-state index contributed by atoms with van der Waals surface area (Å²) in [6.45, 7) is 2.60. The summed E-state index contributed by atoms with van der Waals surface area (Å²) in [5, 5.41) is 6.77. The van der Waals surface area contributed by atoms with E-state index in [1.54, 1.807) is 12.1 Å². The van der Waals surface area contributed by atoms with Crippen LogP contribution < -0.4 is 9.47 Å². The fraction of sp³-hybridized carbons (Fsp3) is 0.208. The summed E-state index contributed by atoms with van der Waals surface area (Å²) in [5.74, 6) is 1.33. The molecular formula is C24H21FN2O2. The number of para-hydroxylation sites is 1. The lowest BCUT2D eigenvalue weighted by atomic mass is 9.96. The first-order chi connectivity index (χ1) is 14.2. The van der Waals surface area contributed by atoms with E-state index < -0.39 is 6.23 Å². The molecule has 0 radical (unpaired) electrons. The zero-order valence-corrected chi connectivity index (χ0v) is 16.1. The van der Waals surface area contributed by atoms with Crippen molar-refractivity contribution in [2.75, 3.05) is 6.61 Å². The molecule has 146 valence electrons. The molecule has 0 saturated carbocycles. The van der Waals surface area contributed by atoms with Gasteiger partial charge in [0.25, 0.3) is 0 Å². The van der Waals surface area contributed by atoms with Crippen molar-refractivity contribution in [1.29, 1.82) is 0 Å². The first-order valence-electron chi connectivity index (χ1n) is 9.83. The highest BCUT2D eigenvalue weighted by Gasteiger charge is 2.41. The van der Waals surface area contributed by atoms with Gasteiger partial charge >= 0.3 is 0 Å². The fourth-order valence-electron chi connectivity index (χ4n) is 4.00. The third-order valence-corrected chi connectivity index (χ3v) is 5.37. The summed E-state index contributed by atoms with van der Waals surface area (Å²) >= 11 is 0. The lowest BCUT2D eigenvalue weighted by Crippen LogP contribution is -2.34. The van der Waals surface area contributed by atoms with Crippen LogP contribution in [0.1, 0.15) is 42.3 Å². The lowest BCUT2D eigenvalue weighted by Gasteiger charge is -2.38. The van der Waals surface area contributed by atoms with Gasteiger partial charge in [-0.2, -0.15) is 5.10 Å². The standard InChI is InChI=1S/C24H21FN2O2/c1-2-28-17-13-11-16(12-14-17)21-15-22-19-8-4-6-10-23(19)29-24(27(22)26-21)18-7-3-5-9-20(18)25/h3-14,22,24H,2,15H2,1H3/t22-,24-/m0/s1. The molecule has 2 heterocycles. The predicted molar refractivity (Wildman–Crippen MR) is 110 cm³/mol. The quantitative estimate of drug-likeness (QED) is 0.595. The molecule has 0 aliphatic carbocycles. The number of benzene rings is 3. The third kappa shape index (κ3) is 3.12. The molecule has 0 unspecified atom stereocenters. The van der Waals surface area contributed by atoms with Crippen LogP contribution in [0.3, 0.4) is 0 Å². The van der Waals surface area contributed by atoms with Crippen LogP contribution in [0, 0.1) is 5.82 Å². The first kappa shape index (κ1) is 17.7. The normalized spacial score (nSPS) is 19.8. The number of fused-ring (bicyclic) bond motifs is 3. The molecule has 0 bridgehead atoms. The van der Waals surface area contributed by atoms with Crippen LogP contribution in [0.25, 0.3) is 0 Å². The van der Waals surface area contributed by atoms with Crippen LogP contribution in [0.5, 0.6) is 11.5 Å². The Hall–Kier alpha value is -3.34. The monoisotopic (exact) mass is 388 g/mol. The average molecular weight is 388 g/mol. The highest BCUT2D eigenvalue weighted by molar-refractivity contribution is 6.02. The van der Waals surface area contributed by atoms with Crippen molar-refractivity contribution in [3.63, 3.8) is 0 Å². The molecule has 3 aromatic carbocycles. The minimum Gasteiger partial charge on any atom is -0.494 e. The molecule has 0 fully saturated rings. The molecule has 5 heteroatoms. The van der Waals surface area contributed by atoms with Gasteiger partial charge < -0.3 is 9.47 Å². The van der Waals surface area contributed by atoms with Gasteiger partial charge in [0.15, 0.2) is 0 Å². The van der Waals surface area contributed by atoms with Gasteiger partial charge in [0, 0.05) is 12.0 Å². The van der Waals surface area contributed by atoms with Gasteiger partial charge in [0.1, 0.15) is 17.3 Å². The Labute approximate surface area is 169 Å². The van der Waals surface area contributed by atoms with E-state index in [2.05, 4.69) is 6.07 Å². The maximum Gasteiger partial charge on any atom is 0.216 e. The Balaban J connectivity index is 1.55. The summed E-state index contributed by atoms with van der Waals surface area (Å²) in [4.78, 5) is 0. The van der Waals surface area contributed by atoms with E-state index in [1.807, 2.05) is 60.5 Å². The van der Waals surface area contributed by atoms with Crippen LogP contribution in [0.2, 0.25) is 0 Å². The number of rotatable bonds is 4. The van der Waals surface area contributed by atoms with Crippen molar-refractivity contribution < 1.29 is 13.9 Å². The minimum atomic E-state index is -0.601. The molecule has 2 atom stereocenters. The predicted octanol–water partition coefficient (Wildman–Crippen LogP) is 5.47. The van der Waals surface area contributed by atoms with E-state index >= 15 is 0 Å². The second kappa shape index (κ2) is 7.24. The minimum absolute atomic E-state index is 0.00567. The van der Waals surface area contributed by atoms with Crippen LogP contribution in [-0.2, 0) is 0 Å². The lowest BCUT2D eigenvalue weighted by molar-refractivity contribution is -0.0212. The molecule has 0 saturated heterocycles. The number of hydrogen-bond acceptors (Lipinski definition) is 4. The van der Waals surface area contributed by atoms with Gasteiger partial charge in [0.2, 0.25) is 6.23 Å². The van der Waals surface area contributed by atoms with E-state index in [0.29, 0.717) is 12.2 Å². The Morgan fingerprint density at radius 3 is 2.48 bits per heavy atom. The Morgan fingerprint density at radius 2 is 1.72 bits per heavy atom. The molecule has 2 aliphatic heterocycles. The number of halogens is 1. The summed E-state index contributed by atoms with van der Waals surface area (Å²) in [7, 11) is 0. The molecule has 29 heavy (non-hydrogen) atoms. The number of ether oxygens (including phenoxy) is 2. The summed E-state index contributed by atoms with van der Waals surface area (Å²) in [6.07, 6.45) is 0.135. The largest absolute Gasteiger partial charge is 0.494 e. The van der Waals surface area contributed by atoms with Gasteiger partial charge in [-0.25, -0.2) is 9.40 Å². The molecular weight excluding hydrogens is 367 g/mol. The number of nitrogens with zero attached hydrogens (tertiary/aromatic N) is 2. The summed E-state index contributed by atoms with van der Waals surface area (Å²) in [5.41, 5.74) is 3.56. The van der Waals surface area contributed by atoms with Crippen molar-refractivity contribution in [3.8, 4) is 11.5 Å². The SMILES string of the molecule is CCOc1ccc(C2=NN3[C@@H](C2)c2ccccc2O[C@H]3c2ccccc2F)cc1. The Morgan fingerprint density at radius 1 is 1.00 bits per heavy atom. The zero-order valence-electron chi connectivity index (χ0n) is 16.1. The van der Waals surface area contributed by atoms with E-state index in [9.17, 15) is 4.39 Å². The van der Waals surface area contributed by atoms with Crippen molar-refractivity contribution in [2.45, 2.75) is 25.6 Å². The third-order valence-electron chi connectivity index (χ3n) is 5.37. The molecule has 0 N–H and O–H groups in total. The fourth-order valence-corrected chi connectivity index (χ4v) is 4.00. The zero-order chi connectivity index (χ0) is 19.8. The molecule has 0 aromatic heterocycles. The van der Waals surface area contributed by atoms with Crippen molar-refractivity contribution in [1.82, 2.24) is 5.01 Å². The van der Waals surface area contributed by atoms with Crippen LogP contribution in [0.4, 0.5) is 4.39 Å². The molecule has 0 amide bonds. The first-order valence-corrected chi connectivity index (χ1v) is 9.83. The molecule has 0 spiro atoms. The second-order valence-corrected chi connectivity index (χ2v) is 7.13. The maximum atomic E-state index is 14.6. The van der Waals surface area contributed by atoms with E-state index in [4.69, 9.17) is 14.6 Å². The van der Waals surface area contributed by atoms with E-state index in [1.165, 1.54) is 6.07 Å². The Kier molecular flexibility index (Phi) is 4.43. The van der Waals surface area contributed by atoms with Crippen molar-refractivity contribution in [3.05, 3.63) is 95.3 Å². The van der Waals surface area contributed by atoms with Crippen molar-refractivity contribution in [2.24, 2.45) is 5.10 Å². The van der Waals surface area contributed by atoms with Gasteiger partial charge in [-0.05, 0) is 48.9 Å². The van der Waals surface area contributed by atoms with Gasteiger partial charge in [-0.3, -0.25) is 0 Å². The van der Waals surface area contributed by atoms with E-state index in [0.717, 1.165) is 34.8 Å². The van der Waals surface area contributed by atoms with Crippen LogP contribution >= 0.6 is 0 Å². The van der Waals surface area contributed by atoms with Crippen LogP contribution in [0.15, 0.2) is 77.9 Å². The average Bonchev–Trinajstić information content (AvgIpc) is 3.20. The Bertz CT molecular complexity index is 1060.